The molecule has 0 saturated heterocycles. The molecule has 112 valence electrons. The molecule has 2 atom stereocenters. The standard InChI is InChI=1S/C19H25NO/c1-12-9-15-13(2)11-19(7-5-4-6-8-19)20-17(15)16(10-12)14(3)18(20)21/h9-10,13-14H,4-8,11H2,1-3H3. The van der Waals surface area contributed by atoms with Crippen LogP contribution in [-0.2, 0) is 4.79 Å². The van der Waals surface area contributed by atoms with Crippen molar-refractivity contribution in [3.8, 4) is 0 Å². The van der Waals surface area contributed by atoms with E-state index in [1.165, 1.54) is 54.5 Å². The Morgan fingerprint density at radius 3 is 2.48 bits per heavy atom. The van der Waals surface area contributed by atoms with Gasteiger partial charge in [0.25, 0.3) is 0 Å². The average molecular weight is 283 g/mol. The van der Waals surface area contributed by atoms with E-state index in [4.69, 9.17) is 0 Å². The Labute approximate surface area is 127 Å². The van der Waals surface area contributed by atoms with Gasteiger partial charge in [0.2, 0.25) is 5.91 Å². The van der Waals surface area contributed by atoms with Gasteiger partial charge in [-0.15, -0.1) is 0 Å². The number of aryl methyl sites for hydroxylation is 1. The molecule has 21 heavy (non-hydrogen) atoms. The zero-order valence-electron chi connectivity index (χ0n) is 13.4. The maximum Gasteiger partial charge on any atom is 0.234 e. The molecule has 1 aromatic carbocycles. The van der Waals surface area contributed by atoms with Crippen LogP contribution < -0.4 is 4.90 Å². The van der Waals surface area contributed by atoms with Gasteiger partial charge in [-0.3, -0.25) is 4.79 Å². The van der Waals surface area contributed by atoms with Crippen molar-refractivity contribution in [2.45, 2.75) is 76.7 Å². The average Bonchev–Trinajstić information content (AvgIpc) is 2.71. The summed E-state index contributed by atoms with van der Waals surface area (Å²) >= 11 is 0. The Balaban J connectivity index is 1.94. The van der Waals surface area contributed by atoms with E-state index >= 15 is 0 Å². The summed E-state index contributed by atoms with van der Waals surface area (Å²) in [5.74, 6) is 0.972. The summed E-state index contributed by atoms with van der Waals surface area (Å²) in [6.07, 6.45) is 7.44. The predicted octanol–water partition coefficient (Wildman–Crippen LogP) is 4.66. The molecule has 2 heteroatoms. The lowest BCUT2D eigenvalue weighted by Crippen LogP contribution is -2.55. The van der Waals surface area contributed by atoms with Gasteiger partial charge in [0.15, 0.2) is 0 Å². The van der Waals surface area contributed by atoms with E-state index in [1.807, 2.05) is 0 Å². The van der Waals surface area contributed by atoms with Crippen LogP contribution >= 0.6 is 0 Å². The molecule has 2 aliphatic heterocycles. The summed E-state index contributed by atoms with van der Waals surface area (Å²) in [5.41, 5.74) is 5.41. The molecule has 1 amide bonds. The molecule has 1 fully saturated rings. The van der Waals surface area contributed by atoms with Gasteiger partial charge in [0, 0.05) is 5.54 Å². The molecule has 0 radical (unpaired) electrons. The molecule has 0 aromatic heterocycles. The third-order valence-electron chi connectivity index (χ3n) is 6.07. The first-order valence-corrected chi connectivity index (χ1v) is 8.52. The highest BCUT2D eigenvalue weighted by atomic mass is 16.2. The van der Waals surface area contributed by atoms with E-state index in [1.54, 1.807) is 0 Å². The monoisotopic (exact) mass is 283 g/mol. The van der Waals surface area contributed by atoms with Crippen LogP contribution in [-0.4, -0.2) is 11.4 Å². The van der Waals surface area contributed by atoms with Crippen LogP contribution in [0, 0.1) is 6.92 Å². The smallest absolute Gasteiger partial charge is 0.234 e. The maximum atomic E-state index is 13.0. The van der Waals surface area contributed by atoms with Crippen molar-refractivity contribution >= 4 is 11.6 Å². The van der Waals surface area contributed by atoms with E-state index in [9.17, 15) is 4.79 Å². The van der Waals surface area contributed by atoms with Crippen molar-refractivity contribution in [3.63, 3.8) is 0 Å². The van der Waals surface area contributed by atoms with Gasteiger partial charge < -0.3 is 4.90 Å². The maximum absolute atomic E-state index is 13.0. The normalized spacial score (nSPS) is 29.9. The van der Waals surface area contributed by atoms with Gasteiger partial charge in [-0.2, -0.15) is 0 Å². The lowest BCUT2D eigenvalue weighted by Gasteiger charge is -2.50. The molecule has 0 N–H and O–H groups in total. The van der Waals surface area contributed by atoms with Gasteiger partial charge in [0.1, 0.15) is 0 Å². The number of carbonyl (C=O) groups is 1. The van der Waals surface area contributed by atoms with E-state index < -0.39 is 0 Å². The van der Waals surface area contributed by atoms with Crippen molar-refractivity contribution in [3.05, 3.63) is 28.8 Å². The van der Waals surface area contributed by atoms with Crippen LogP contribution in [0.3, 0.4) is 0 Å². The fourth-order valence-electron chi connectivity index (χ4n) is 5.12. The Kier molecular flexibility index (Phi) is 2.76. The van der Waals surface area contributed by atoms with Gasteiger partial charge in [0.05, 0.1) is 11.6 Å². The molecular formula is C19H25NO. The van der Waals surface area contributed by atoms with Gasteiger partial charge in [-0.25, -0.2) is 0 Å². The highest BCUT2D eigenvalue weighted by Crippen LogP contribution is 2.55. The predicted molar refractivity (Wildman–Crippen MR) is 85.9 cm³/mol. The third kappa shape index (κ3) is 1.68. The molecular weight excluding hydrogens is 258 g/mol. The topological polar surface area (TPSA) is 20.3 Å². The highest BCUT2D eigenvalue weighted by Gasteiger charge is 2.52. The largest absolute Gasteiger partial charge is 0.305 e. The lowest BCUT2D eigenvalue weighted by molar-refractivity contribution is -0.120. The van der Waals surface area contributed by atoms with Crippen LogP contribution in [0.25, 0.3) is 0 Å². The number of amides is 1. The van der Waals surface area contributed by atoms with Gasteiger partial charge >= 0.3 is 0 Å². The van der Waals surface area contributed by atoms with Crippen LogP contribution in [0.5, 0.6) is 0 Å². The second-order valence-corrected chi connectivity index (χ2v) is 7.58. The first kappa shape index (κ1) is 13.4. The number of carbonyl (C=O) groups excluding carboxylic acids is 1. The Morgan fingerprint density at radius 1 is 1.10 bits per heavy atom. The first-order valence-electron chi connectivity index (χ1n) is 8.52. The number of hydrogen-bond acceptors (Lipinski definition) is 1. The Morgan fingerprint density at radius 2 is 1.76 bits per heavy atom. The van der Waals surface area contributed by atoms with E-state index in [0.29, 0.717) is 11.8 Å². The van der Waals surface area contributed by atoms with Gasteiger partial charge in [-0.05, 0) is 50.2 Å². The Hall–Kier alpha value is -1.31. The van der Waals surface area contributed by atoms with Crippen LogP contribution in [0.4, 0.5) is 5.69 Å². The summed E-state index contributed by atoms with van der Waals surface area (Å²) in [4.78, 5) is 15.2. The van der Waals surface area contributed by atoms with E-state index in [2.05, 4.69) is 37.8 Å². The van der Waals surface area contributed by atoms with Crippen molar-refractivity contribution in [2.24, 2.45) is 0 Å². The van der Waals surface area contributed by atoms with Crippen molar-refractivity contribution in [1.29, 1.82) is 0 Å². The van der Waals surface area contributed by atoms with Crippen molar-refractivity contribution in [2.75, 3.05) is 4.90 Å². The van der Waals surface area contributed by atoms with Crippen LogP contribution in [0.1, 0.15) is 80.9 Å². The number of rotatable bonds is 0. The Bertz CT molecular complexity index is 612. The molecule has 2 unspecified atom stereocenters. The second kappa shape index (κ2) is 4.34. The SMILES string of the molecule is Cc1cc2c3c(c1)C(C)C(=O)N3C1(CCCCC1)CC2C. The van der Waals surface area contributed by atoms with Crippen LogP contribution in [0.15, 0.2) is 12.1 Å². The van der Waals surface area contributed by atoms with Gasteiger partial charge in [-0.1, -0.05) is 43.9 Å². The first-order chi connectivity index (χ1) is 10.0. The van der Waals surface area contributed by atoms with E-state index in [0.717, 1.165) is 6.42 Å². The minimum absolute atomic E-state index is 0.0442. The minimum Gasteiger partial charge on any atom is -0.305 e. The van der Waals surface area contributed by atoms with E-state index in [-0.39, 0.29) is 11.5 Å². The zero-order valence-corrected chi connectivity index (χ0v) is 13.4. The molecule has 1 aliphatic carbocycles. The molecule has 3 aliphatic rings. The molecule has 2 heterocycles. The zero-order chi connectivity index (χ0) is 14.8. The molecule has 0 bridgehead atoms. The third-order valence-corrected chi connectivity index (χ3v) is 6.07. The highest BCUT2D eigenvalue weighted by molar-refractivity contribution is 6.07. The summed E-state index contributed by atoms with van der Waals surface area (Å²) in [5, 5.41) is 0. The number of anilines is 1. The number of fused-ring (bicyclic) bond motifs is 1. The molecule has 2 nitrogen and oxygen atoms in total. The van der Waals surface area contributed by atoms with Crippen LogP contribution in [0.2, 0.25) is 0 Å². The molecule has 4 rings (SSSR count). The quantitative estimate of drug-likeness (QED) is 0.678. The number of hydrogen-bond donors (Lipinski definition) is 0. The summed E-state index contributed by atoms with van der Waals surface area (Å²) in [6, 6.07) is 4.56. The fraction of sp³-hybridized carbons (Fsp3) is 0.632. The van der Waals surface area contributed by atoms with Crippen molar-refractivity contribution in [1.82, 2.24) is 0 Å². The second-order valence-electron chi connectivity index (χ2n) is 7.58. The van der Waals surface area contributed by atoms with Crippen molar-refractivity contribution < 1.29 is 4.79 Å². The fourth-order valence-corrected chi connectivity index (χ4v) is 5.12. The number of benzene rings is 1. The summed E-state index contributed by atoms with van der Waals surface area (Å²) in [6.45, 7) is 6.61. The number of nitrogens with zero attached hydrogens (tertiary/aromatic N) is 1. The lowest BCUT2D eigenvalue weighted by atomic mass is 9.70. The minimum atomic E-state index is 0.0442. The molecule has 1 aromatic rings. The molecule has 1 saturated carbocycles. The summed E-state index contributed by atoms with van der Waals surface area (Å²) in [7, 11) is 0. The summed E-state index contributed by atoms with van der Waals surface area (Å²) < 4.78 is 0. The molecule has 1 spiro atoms.